The molecule has 0 aromatic carbocycles. The lowest BCUT2D eigenvalue weighted by Crippen LogP contribution is -2.09. The maximum absolute atomic E-state index is 5.53. The maximum Gasteiger partial charge on any atom is 0.218 e. The maximum atomic E-state index is 5.53. The zero-order valence-electron chi connectivity index (χ0n) is 7.66. The lowest BCUT2D eigenvalue weighted by atomic mass is 10.3. The molecule has 0 spiro atoms. The van der Waals surface area contributed by atoms with Gasteiger partial charge in [0.2, 0.25) is 5.89 Å². The van der Waals surface area contributed by atoms with Crippen LogP contribution in [-0.2, 0) is 0 Å². The predicted octanol–water partition coefficient (Wildman–Crippen LogP) is 1.65. The van der Waals surface area contributed by atoms with E-state index in [2.05, 4.69) is 4.98 Å². The van der Waals surface area contributed by atoms with E-state index in [4.69, 9.17) is 10.2 Å². The predicted molar refractivity (Wildman–Crippen MR) is 48.7 cm³/mol. The lowest BCUT2D eigenvalue weighted by Gasteiger charge is -1.90. The van der Waals surface area contributed by atoms with Gasteiger partial charge in [0.05, 0.1) is 5.69 Å². The molecule has 0 aliphatic carbocycles. The van der Waals surface area contributed by atoms with Crippen molar-refractivity contribution in [3.05, 3.63) is 23.4 Å². The number of oxazole rings is 1. The van der Waals surface area contributed by atoms with Crippen molar-refractivity contribution in [3.8, 4) is 0 Å². The average Bonchev–Trinajstić information content (AvgIpc) is 2.28. The van der Waals surface area contributed by atoms with Crippen molar-refractivity contribution < 1.29 is 4.42 Å². The molecule has 0 amide bonds. The second-order valence-corrected chi connectivity index (χ2v) is 2.91. The van der Waals surface area contributed by atoms with Gasteiger partial charge in [0, 0.05) is 6.04 Å². The molecule has 0 aliphatic heterocycles. The topological polar surface area (TPSA) is 52.0 Å². The van der Waals surface area contributed by atoms with E-state index in [0.29, 0.717) is 5.89 Å². The Morgan fingerprint density at radius 3 is 2.58 bits per heavy atom. The Hall–Kier alpha value is -1.09. The van der Waals surface area contributed by atoms with E-state index in [1.54, 1.807) is 6.08 Å². The monoisotopic (exact) mass is 166 g/mol. The highest BCUT2D eigenvalue weighted by Crippen LogP contribution is 2.09. The van der Waals surface area contributed by atoms with Crippen molar-refractivity contribution in [2.24, 2.45) is 5.73 Å². The average molecular weight is 166 g/mol. The van der Waals surface area contributed by atoms with Crippen LogP contribution in [0.25, 0.3) is 6.08 Å². The van der Waals surface area contributed by atoms with Crippen molar-refractivity contribution in [1.82, 2.24) is 4.98 Å². The second kappa shape index (κ2) is 3.54. The minimum absolute atomic E-state index is 0.0394. The van der Waals surface area contributed by atoms with Gasteiger partial charge in [-0.3, -0.25) is 0 Å². The van der Waals surface area contributed by atoms with Gasteiger partial charge in [0.15, 0.2) is 0 Å². The van der Waals surface area contributed by atoms with Crippen LogP contribution >= 0.6 is 0 Å². The molecule has 1 aromatic heterocycles. The Morgan fingerprint density at radius 1 is 1.50 bits per heavy atom. The molecule has 0 bridgehead atoms. The van der Waals surface area contributed by atoms with Crippen molar-refractivity contribution in [2.45, 2.75) is 26.8 Å². The third-order valence-corrected chi connectivity index (χ3v) is 1.59. The van der Waals surface area contributed by atoms with Gasteiger partial charge in [-0.2, -0.15) is 0 Å². The first-order valence-electron chi connectivity index (χ1n) is 3.97. The standard InChI is InChI=1S/C9H14N2O/c1-6(10)4-5-9-11-7(2)8(3)12-9/h4-6H,10H2,1-3H3/b5-4+. The molecule has 3 heteroatoms. The number of aromatic nitrogens is 1. The molecule has 2 N–H and O–H groups in total. The summed E-state index contributed by atoms with van der Waals surface area (Å²) in [5.41, 5.74) is 6.46. The Labute approximate surface area is 72.3 Å². The first-order chi connectivity index (χ1) is 5.59. The minimum atomic E-state index is 0.0394. The molecule has 0 aliphatic rings. The van der Waals surface area contributed by atoms with Crippen LogP contribution in [0.3, 0.4) is 0 Å². The molecule has 0 saturated carbocycles. The van der Waals surface area contributed by atoms with Crippen LogP contribution in [0.5, 0.6) is 0 Å². The van der Waals surface area contributed by atoms with Gasteiger partial charge in [0.25, 0.3) is 0 Å². The van der Waals surface area contributed by atoms with E-state index in [-0.39, 0.29) is 6.04 Å². The molecule has 0 fully saturated rings. The summed E-state index contributed by atoms with van der Waals surface area (Å²) in [4.78, 5) is 4.17. The summed E-state index contributed by atoms with van der Waals surface area (Å²) in [6, 6.07) is 0.0394. The Bertz CT molecular complexity index is 267. The molecule has 0 radical (unpaired) electrons. The third kappa shape index (κ3) is 2.20. The molecule has 66 valence electrons. The number of aryl methyl sites for hydroxylation is 2. The van der Waals surface area contributed by atoms with Crippen LogP contribution in [0.1, 0.15) is 24.3 Å². The highest BCUT2D eigenvalue weighted by atomic mass is 16.4. The minimum Gasteiger partial charge on any atom is -0.442 e. The summed E-state index contributed by atoms with van der Waals surface area (Å²) in [5, 5.41) is 0. The van der Waals surface area contributed by atoms with Crippen LogP contribution in [0.4, 0.5) is 0 Å². The summed E-state index contributed by atoms with van der Waals surface area (Å²) in [6.45, 7) is 5.72. The van der Waals surface area contributed by atoms with E-state index in [1.165, 1.54) is 0 Å². The number of nitrogens with zero attached hydrogens (tertiary/aromatic N) is 1. The molecular formula is C9H14N2O. The number of hydrogen-bond donors (Lipinski definition) is 1. The summed E-state index contributed by atoms with van der Waals surface area (Å²) in [5.74, 6) is 1.49. The van der Waals surface area contributed by atoms with Gasteiger partial charge < -0.3 is 10.2 Å². The van der Waals surface area contributed by atoms with Crippen LogP contribution in [-0.4, -0.2) is 11.0 Å². The summed E-state index contributed by atoms with van der Waals surface area (Å²) >= 11 is 0. The largest absolute Gasteiger partial charge is 0.442 e. The van der Waals surface area contributed by atoms with Crippen molar-refractivity contribution in [1.29, 1.82) is 0 Å². The van der Waals surface area contributed by atoms with Gasteiger partial charge in [-0.1, -0.05) is 6.08 Å². The molecule has 1 unspecified atom stereocenters. The quantitative estimate of drug-likeness (QED) is 0.726. The Kier molecular flexibility index (Phi) is 2.65. The van der Waals surface area contributed by atoms with Crippen molar-refractivity contribution in [2.75, 3.05) is 0 Å². The van der Waals surface area contributed by atoms with Gasteiger partial charge in [-0.25, -0.2) is 4.98 Å². The van der Waals surface area contributed by atoms with Crippen LogP contribution < -0.4 is 5.73 Å². The van der Waals surface area contributed by atoms with E-state index in [9.17, 15) is 0 Å². The van der Waals surface area contributed by atoms with Crippen LogP contribution in [0, 0.1) is 13.8 Å². The second-order valence-electron chi connectivity index (χ2n) is 2.91. The number of nitrogens with two attached hydrogens (primary N) is 1. The van der Waals surface area contributed by atoms with E-state index >= 15 is 0 Å². The highest BCUT2D eigenvalue weighted by Gasteiger charge is 2.00. The summed E-state index contributed by atoms with van der Waals surface area (Å²) < 4.78 is 5.31. The first-order valence-corrected chi connectivity index (χ1v) is 3.97. The fourth-order valence-electron chi connectivity index (χ4n) is 0.803. The van der Waals surface area contributed by atoms with Crippen LogP contribution in [0.15, 0.2) is 10.5 Å². The van der Waals surface area contributed by atoms with Crippen LogP contribution in [0.2, 0.25) is 0 Å². The summed E-state index contributed by atoms with van der Waals surface area (Å²) in [7, 11) is 0. The molecule has 1 rings (SSSR count). The normalized spacial score (nSPS) is 14.0. The first kappa shape index (κ1) is 9.00. The fourth-order valence-corrected chi connectivity index (χ4v) is 0.803. The molecule has 1 aromatic rings. The molecule has 0 saturated heterocycles. The summed E-state index contributed by atoms with van der Waals surface area (Å²) in [6.07, 6.45) is 3.65. The van der Waals surface area contributed by atoms with Crippen molar-refractivity contribution in [3.63, 3.8) is 0 Å². The third-order valence-electron chi connectivity index (χ3n) is 1.59. The van der Waals surface area contributed by atoms with Crippen molar-refractivity contribution >= 4 is 6.08 Å². The fraction of sp³-hybridized carbons (Fsp3) is 0.444. The van der Waals surface area contributed by atoms with Gasteiger partial charge in [-0.15, -0.1) is 0 Å². The SMILES string of the molecule is Cc1nc(/C=C/C(C)N)oc1C. The zero-order valence-corrected chi connectivity index (χ0v) is 7.66. The zero-order chi connectivity index (χ0) is 9.14. The molecule has 1 atom stereocenters. The molecule has 1 heterocycles. The van der Waals surface area contributed by atoms with E-state index < -0.39 is 0 Å². The smallest absolute Gasteiger partial charge is 0.218 e. The molecular weight excluding hydrogens is 152 g/mol. The van der Waals surface area contributed by atoms with E-state index in [1.807, 2.05) is 26.8 Å². The molecule has 3 nitrogen and oxygen atoms in total. The Balaban J connectivity index is 2.77. The number of rotatable bonds is 2. The van der Waals surface area contributed by atoms with Gasteiger partial charge in [-0.05, 0) is 26.8 Å². The van der Waals surface area contributed by atoms with Gasteiger partial charge >= 0.3 is 0 Å². The van der Waals surface area contributed by atoms with Gasteiger partial charge in [0.1, 0.15) is 5.76 Å². The molecule has 12 heavy (non-hydrogen) atoms. The van der Waals surface area contributed by atoms with E-state index in [0.717, 1.165) is 11.5 Å². The Morgan fingerprint density at radius 2 is 2.17 bits per heavy atom. The highest BCUT2D eigenvalue weighted by molar-refractivity contribution is 5.39. The lowest BCUT2D eigenvalue weighted by molar-refractivity contribution is 0.515. The number of hydrogen-bond acceptors (Lipinski definition) is 3.